The molecule has 138 valence electrons. The zero-order chi connectivity index (χ0) is 17.3. The standard InChI is InChI=1S/C16H25F3N4.HI/c1-4-23(5-2)10-9-21-15(20-3)22-12-13-7-6-8-14(11-13)16(17,18)19;/h6-8,11H,4-5,9-10,12H2,1-3H3,(H2,20,21,22);1H. The lowest BCUT2D eigenvalue weighted by Gasteiger charge is -2.19. The number of nitrogens with zero attached hydrogens (tertiary/aromatic N) is 2. The lowest BCUT2D eigenvalue weighted by atomic mass is 10.1. The number of hydrogen-bond donors (Lipinski definition) is 2. The number of rotatable bonds is 7. The van der Waals surface area contributed by atoms with Crippen LogP contribution in [0.25, 0.3) is 0 Å². The van der Waals surface area contributed by atoms with Crippen LogP contribution in [0, 0.1) is 0 Å². The van der Waals surface area contributed by atoms with Gasteiger partial charge in [0.1, 0.15) is 0 Å². The van der Waals surface area contributed by atoms with E-state index in [-0.39, 0.29) is 30.5 Å². The third-order valence-corrected chi connectivity index (χ3v) is 3.55. The number of guanidine groups is 1. The summed E-state index contributed by atoms with van der Waals surface area (Å²) >= 11 is 0. The summed E-state index contributed by atoms with van der Waals surface area (Å²) < 4.78 is 38.0. The summed E-state index contributed by atoms with van der Waals surface area (Å²) in [5.41, 5.74) is -0.0761. The van der Waals surface area contributed by atoms with E-state index in [0.29, 0.717) is 11.5 Å². The Bertz CT molecular complexity index is 502. The van der Waals surface area contributed by atoms with E-state index in [0.717, 1.165) is 38.3 Å². The largest absolute Gasteiger partial charge is 0.416 e. The molecule has 0 saturated carbocycles. The van der Waals surface area contributed by atoms with Crippen LogP contribution in [-0.4, -0.2) is 44.1 Å². The second kappa shape index (κ2) is 11.5. The molecule has 0 heterocycles. The molecule has 24 heavy (non-hydrogen) atoms. The molecule has 2 N–H and O–H groups in total. The van der Waals surface area contributed by atoms with E-state index in [9.17, 15) is 13.2 Å². The minimum Gasteiger partial charge on any atom is -0.355 e. The van der Waals surface area contributed by atoms with Crippen molar-refractivity contribution in [1.82, 2.24) is 15.5 Å². The summed E-state index contributed by atoms with van der Waals surface area (Å²) in [5.74, 6) is 0.578. The van der Waals surface area contributed by atoms with Gasteiger partial charge in [0, 0.05) is 26.7 Å². The van der Waals surface area contributed by atoms with Crippen molar-refractivity contribution in [3.05, 3.63) is 35.4 Å². The van der Waals surface area contributed by atoms with Gasteiger partial charge in [0.2, 0.25) is 0 Å². The molecule has 0 spiro atoms. The summed E-state index contributed by atoms with van der Waals surface area (Å²) in [6.07, 6.45) is -4.32. The molecule has 0 unspecified atom stereocenters. The number of aliphatic imine (C=N–C) groups is 1. The van der Waals surface area contributed by atoms with Crippen molar-refractivity contribution in [1.29, 1.82) is 0 Å². The van der Waals surface area contributed by atoms with Gasteiger partial charge in [-0.05, 0) is 30.8 Å². The molecule has 0 aliphatic carbocycles. The van der Waals surface area contributed by atoms with Crippen molar-refractivity contribution in [3.8, 4) is 0 Å². The lowest BCUT2D eigenvalue weighted by molar-refractivity contribution is -0.137. The molecule has 0 amide bonds. The molecule has 1 aromatic rings. The molecule has 4 nitrogen and oxygen atoms in total. The minimum absolute atomic E-state index is 0. The Hall–Kier alpha value is -1.03. The molecular weight excluding hydrogens is 432 g/mol. The van der Waals surface area contributed by atoms with Gasteiger partial charge in [-0.15, -0.1) is 24.0 Å². The molecule has 0 atom stereocenters. The molecule has 0 bridgehead atoms. The number of hydrogen-bond acceptors (Lipinski definition) is 2. The molecule has 0 saturated heterocycles. The fourth-order valence-corrected chi connectivity index (χ4v) is 2.14. The highest BCUT2D eigenvalue weighted by atomic mass is 127. The molecular formula is C16H26F3IN4. The van der Waals surface area contributed by atoms with E-state index in [4.69, 9.17) is 0 Å². The highest BCUT2D eigenvalue weighted by molar-refractivity contribution is 14.0. The summed E-state index contributed by atoms with van der Waals surface area (Å²) in [7, 11) is 1.64. The van der Waals surface area contributed by atoms with Gasteiger partial charge in [0.25, 0.3) is 0 Å². The number of halogens is 4. The molecule has 0 aliphatic rings. The Balaban J connectivity index is 0.00000529. The van der Waals surface area contributed by atoms with Gasteiger partial charge < -0.3 is 15.5 Å². The quantitative estimate of drug-likeness (QED) is 0.374. The van der Waals surface area contributed by atoms with Gasteiger partial charge in [-0.25, -0.2) is 0 Å². The van der Waals surface area contributed by atoms with E-state index in [1.807, 2.05) is 0 Å². The summed E-state index contributed by atoms with van der Waals surface area (Å²) in [6, 6.07) is 5.29. The number of likely N-dealkylation sites (N-methyl/N-ethyl adjacent to an activating group) is 1. The van der Waals surface area contributed by atoms with E-state index >= 15 is 0 Å². The van der Waals surface area contributed by atoms with Gasteiger partial charge in [-0.2, -0.15) is 13.2 Å². The smallest absolute Gasteiger partial charge is 0.355 e. The van der Waals surface area contributed by atoms with Crippen molar-refractivity contribution >= 4 is 29.9 Å². The Morgan fingerprint density at radius 2 is 1.83 bits per heavy atom. The van der Waals surface area contributed by atoms with Crippen molar-refractivity contribution < 1.29 is 13.2 Å². The normalized spacial score (nSPS) is 12.0. The number of alkyl halides is 3. The van der Waals surface area contributed by atoms with Crippen LogP contribution in [0.2, 0.25) is 0 Å². The lowest BCUT2D eigenvalue weighted by Crippen LogP contribution is -2.41. The van der Waals surface area contributed by atoms with Crippen molar-refractivity contribution in [3.63, 3.8) is 0 Å². The first-order chi connectivity index (χ1) is 10.9. The Morgan fingerprint density at radius 3 is 2.38 bits per heavy atom. The van der Waals surface area contributed by atoms with Crippen LogP contribution < -0.4 is 10.6 Å². The average molecular weight is 458 g/mol. The Labute approximate surface area is 158 Å². The monoisotopic (exact) mass is 458 g/mol. The number of benzene rings is 1. The number of nitrogens with one attached hydrogen (secondary N) is 2. The maximum absolute atomic E-state index is 12.7. The zero-order valence-electron chi connectivity index (χ0n) is 14.3. The first kappa shape index (κ1) is 23.0. The maximum Gasteiger partial charge on any atom is 0.416 e. The van der Waals surface area contributed by atoms with Crippen LogP contribution in [0.1, 0.15) is 25.0 Å². The highest BCUT2D eigenvalue weighted by Gasteiger charge is 2.30. The molecule has 0 aliphatic heterocycles. The maximum atomic E-state index is 12.7. The zero-order valence-corrected chi connectivity index (χ0v) is 16.6. The predicted molar refractivity (Wildman–Crippen MR) is 103 cm³/mol. The van der Waals surface area contributed by atoms with Gasteiger partial charge in [-0.3, -0.25) is 4.99 Å². The minimum atomic E-state index is -4.32. The Morgan fingerprint density at radius 1 is 1.17 bits per heavy atom. The second-order valence-corrected chi connectivity index (χ2v) is 5.08. The molecule has 8 heteroatoms. The van der Waals surface area contributed by atoms with E-state index in [1.165, 1.54) is 6.07 Å². The van der Waals surface area contributed by atoms with Gasteiger partial charge in [-0.1, -0.05) is 26.0 Å². The predicted octanol–water partition coefficient (Wildman–Crippen LogP) is 3.33. The Kier molecular flexibility index (Phi) is 11.0. The molecule has 1 rings (SSSR count). The molecule has 0 aromatic heterocycles. The van der Waals surface area contributed by atoms with Gasteiger partial charge in [0.05, 0.1) is 5.56 Å². The second-order valence-electron chi connectivity index (χ2n) is 5.08. The van der Waals surface area contributed by atoms with Crippen LogP contribution in [-0.2, 0) is 12.7 Å². The van der Waals surface area contributed by atoms with Crippen molar-refractivity contribution in [2.24, 2.45) is 4.99 Å². The third-order valence-electron chi connectivity index (χ3n) is 3.55. The third kappa shape index (κ3) is 8.18. The first-order valence-electron chi connectivity index (χ1n) is 7.73. The average Bonchev–Trinajstić information content (AvgIpc) is 2.54. The SMILES string of the molecule is CCN(CC)CCNC(=NC)NCc1cccc(C(F)(F)F)c1.I. The summed E-state index contributed by atoms with van der Waals surface area (Å²) in [5, 5.41) is 6.19. The van der Waals surface area contributed by atoms with Gasteiger partial charge in [0.15, 0.2) is 5.96 Å². The summed E-state index contributed by atoms with van der Waals surface area (Å²) in [6.45, 7) is 8.06. The van der Waals surface area contributed by atoms with Crippen LogP contribution in [0.3, 0.4) is 0 Å². The van der Waals surface area contributed by atoms with Crippen LogP contribution in [0.4, 0.5) is 13.2 Å². The fraction of sp³-hybridized carbons (Fsp3) is 0.562. The van der Waals surface area contributed by atoms with E-state index in [1.54, 1.807) is 13.1 Å². The summed E-state index contributed by atoms with van der Waals surface area (Å²) in [4.78, 5) is 6.35. The molecule has 1 aromatic carbocycles. The first-order valence-corrected chi connectivity index (χ1v) is 7.73. The van der Waals surface area contributed by atoms with Crippen molar-refractivity contribution in [2.75, 3.05) is 33.2 Å². The van der Waals surface area contributed by atoms with E-state index in [2.05, 4.69) is 34.4 Å². The molecule has 0 radical (unpaired) electrons. The van der Waals surface area contributed by atoms with Gasteiger partial charge >= 0.3 is 6.18 Å². The molecule has 0 fully saturated rings. The topological polar surface area (TPSA) is 39.7 Å². The highest BCUT2D eigenvalue weighted by Crippen LogP contribution is 2.29. The van der Waals surface area contributed by atoms with Crippen LogP contribution in [0.15, 0.2) is 29.3 Å². The van der Waals surface area contributed by atoms with Crippen LogP contribution in [0.5, 0.6) is 0 Å². The van der Waals surface area contributed by atoms with E-state index < -0.39 is 11.7 Å². The van der Waals surface area contributed by atoms with Crippen LogP contribution >= 0.6 is 24.0 Å². The fourth-order valence-electron chi connectivity index (χ4n) is 2.14. The van der Waals surface area contributed by atoms with Crippen molar-refractivity contribution in [2.45, 2.75) is 26.6 Å².